The summed E-state index contributed by atoms with van der Waals surface area (Å²) in [6.45, 7) is 1.20. The first-order valence-corrected chi connectivity index (χ1v) is 19.3. The largest absolute Gasteiger partial charge is 0.471 e. The van der Waals surface area contributed by atoms with Crippen molar-refractivity contribution in [1.82, 2.24) is 35.4 Å². The third-order valence-electron chi connectivity index (χ3n) is 10.1. The van der Waals surface area contributed by atoms with Crippen LogP contribution < -0.4 is 20.1 Å². The molecule has 3 N–H and O–H groups in total. The topological polar surface area (TPSA) is 203 Å². The van der Waals surface area contributed by atoms with E-state index in [1.165, 1.54) is 24.3 Å². The number of hydrogen-bond donors (Lipinski definition) is 3. The number of nitrogens with one attached hydrogen (secondary N) is 3. The second-order valence-corrected chi connectivity index (χ2v) is 16.2. The van der Waals surface area contributed by atoms with Gasteiger partial charge in [-0.1, -0.05) is 42.3 Å². The number of alkyl halides is 3. The van der Waals surface area contributed by atoms with E-state index in [9.17, 15) is 40.8 Å². The Balaban J connectivity index is 1.22. The molecule has 3 aromatic rings. The summed E-state index contributed by atoms with van der Waals surface area (Å²) < 4.78 is 81.2. The molecule has 4 heterocycles. The molecule has 288 valence electrons. The van der Waals surface area contributed by atoms with Gasteiger partial charge >= 0.3 is 6.18 Å². The lowest BCUT2D eigenvalue weighted by atomic mass is 10.0. The number of halogens is 3. The van der Waals surface area contributed by atoms with Crippen molar-refractivity contribution in [1.29, 1.82) is 0 Å². The summed E-state index contributed by atoms with van der Waals surface area (Å²) in [6.07, 6.45) is 0.578. The van der Waals surface area contributed by atoms with Crippen LogP contribution in [-0.4, -0.2) is 87.6 Å². The molecule has 4 aliphatic rings. The minimum absolute atomic E-state index is 0.0213. The van der Waals surface area contributed by atoms with Crippen molar-refractivity contribution in [2.45, 2.75) is 99.9 Å². The molecule has 15 nitrogen and oxygen atoms in total. The standard InChI is InChI=1S/C35H38F3N7O8S/c1-19-15-26(43-53-19)29(46)40-25-12-6-4-2-3-5-9-20-17-34(20,33(49)44-54(50,51)22-13-14-22)42-30(47)27-16-21(18-45(27)32(25)48)52-31-28(35(36,37)38)39-23-10-7-8-11-24(23)41-31/h5,7-11,15,20-22,25,27H,2-4,6,12-14,16-18H2,1H3,(H,40,46)(H,42,47)(H,44,49)/t20-,21-,25+,27+,34-/m1/s1. The number of nitrogens with zero attached hydrogens (tertiary/aromatic N) is 4. The molecule has 2 saturated carbocycles. The van der Waals surface area contributed by atoms with Crippen molar-refractivity contribution < 1.29 is 50.0 Å². The number of benzene rings is 1. The molecule has 0 bridgehead atoms. The highest BCUT2D eigenvalue weighted by Gasteiger charge is 2.62. The van der Waals surface area contributed by atoms with Gasteiger partial charge in [-0.15, -0.1) is 0 Å². The van der Waals surface area contributed by atoms with Gasteiger partial charge in [0.15, 0.2) is 5.69 Å². The van der Waals surface area contributed by atoms with Crippen LogP contribution in [0, 0.1) is 12.8 Å². The number of allylic oxidation sites excluding steroid dienone is 1. The Morgan fingerprint density at radius 3 is 2.50 bits per heavy atom. The van der Waals surface area contributed by atoms with Gasteiger partial charge in [0.25, 0.3) is 11.8 Å². The van der Waals surface area contributed by atoms with Crippen molar-refractivity contribution in [3.05, 3.63) is 59.6 Å². The maximum Gasteiger partial charge on any atom is 0.438 e. The number of sulfonamides is 1. The number of hydrogen-bond acceptors (Lipinski definition) is 11. The van der Waals surface area contributed by atoms with E-state index >= 15 is 0 Å². The molecule has 7 rings (SSSR count). The molecule has 1 saturated heterocycles. The minimum atomic E-state index is -4.97. The second kappa shape index (κ2) is 14.3. The van der Waals surface area contributed by atoms with E-state index in [4.69, 9.17) is 9.26 Å². The van der Waals surface area contributed by atoms with Crippen LogP contribution in [0.4, 0.5) is 13.2 Å². The first-order chi connectivity index (χ1) is 25.6. The molecule has 54 heavy (non-hydrogen) atoms. The van der Waals surface area contributed by atoms with E-state index in [2.05, 4.69) is 30.5 Å². The molecule has 2 aliphatic carbocycles. The smallest absolute Gasteiger partial charge is 0.438 e. The Morgan fingerprint density at radius 1 is 1.07 bits per heavy atom. The Kier molecular flexibility index (Phi) is 9.86. The molecule has 5 atom stereocenters. The lowest BCUT2D eigenvalue weighted by molar-refractivity contribution is -0.143. The fourth-order valence-electron chi connectivity index (χ4n) is 6.96. The quantitative estimate of drug-likeness (QED) is 0.298. The summed E-state index contributed by atoms with van der Waals surface area (Å²) in [5.74, 6) is -4.24. The molecule has 1 aromatic carbocycles. The van der Waals surface area contributed by atoms with Crippen LogP contribution in [0.15, 0.2) is 47.0 Å². The molecular weight excluding hydrogens is 735 g/mol. The monoisotopic (exact) mass is 773 g/mol. The Morgan fingerprint density at radius 2 is 1.81 bits per heavy atom. The maximum atomic E-state index is 14.4. The third-order valence-corrected chi connectivity index (χ3v) is 11.9. The van der Waals surface area contributed by atoms with Gasteiger partial charge < -0.3 is 24.8 Å². The molecule has 0 unspecified atom stereocenters. The summed E-state index contributed by atoms with van der Waals surface area (Å²) in [6, 6.07) is 4.70. The van der Waals surface area contributed by atoms with E-state index < -0.39 is 92.8 Å². The molecule has 19 heteroatoms. The number of aryl methyl sites for hydroxylation is 1. The van der Waals surface area contributed by atoms with Crippen LogP contribution in [0.3, 0.4) is 0 Å². The summed E-state index contributed by atoms with van der Waals surface area (Å²) >= 11 is 0. The molecule has 4 amide bonds. The van der Waals surface area contributed by atoms with Crippen molar-refractivity contribution in [3.63, 3.8) is 0 Å². The van der Waals surface area contributed by atoms with Gasteiger partial charge in [0.2, 0.25) is 33.4 Å². The van der Waals surface area contributed by atoms with E-state index in [0.717, 1.165) is 4.90 Å². The SMILES string of the molecule is Cc1cc(C(=O)N[C@H]2CCCCCC=C[C@@H]3C[C@@]3(C(=O)NS(=O)(=O)C3CC3)NC(=O)[C@@H]3C[C@@H](Oc4nc5ccccc5nc4C(F)(F)F)CN3C2=O)no1. The van der Waals surface area contributed by atoms with Gasteiger partial charge in [0, 0.05) is 18.4 Å². The molecule has 0 spiro atoms. The summed E-state index contributed by atoms with van der Waals surface area (Å²) in [7, 11) is -3.99. The minimum Gasteiger partial charge on any atom is -0.471 e. The van der Waals surface area contributed by atoms with Gasteiger partial charge in [-0.2, -0.15) is 13.2 Å². The fraction of sp³-hybridized carbons (Fsp3) is 0.514. The van der Waals surface area contributed by atoms with E-state index in [1.807, 2.05) is 6.08 Å². The predicted octanol–water partition coefficient (Wildman–Crippen LogP) is 3.10. The normalized spacial score (nSPS) is 26.6. The second-order valence-electron chi connectivity index (χ2n) is 14.2. The number of carbonyl (C=O) groups excluding carboxylic acids is 4. The Labute approximate surface area is 307 Å². The highest BCUT2D eigenvalue weighted by atomic mass is 32.2. The summed E-state index contributed by atoms with van der Waals surface area (Å²) in [4.78, 5) is 64.4. The number of ether oxygens (including phenoxy) is 1. The van der Waals surface area contributed by atoms with Gasteiger partial charge in [0.05, 0.1) is 22.8 Å². The molecule has 0 radical (unpaired) electrons. The van der Waals surface area contributed by atoms with Gasteiger partial charge in [-0.25, -0.2) is 18.4 Å². The first kappa shape index (κ1) is 37.3. The number of fused-ring (bicyclic) bond motifs is 3. The number of para-hydroxylation sites is 2. The summed E-state index contributed by atoms with van der Waals surface area (Å²) in [5.41, 5.74) is -3.03. The number of carbonyl (C=O) groups is 4. The highest BCUT2D eigenvalue weighted by Crippen LogP contribution is 2.46. The number of amides is 4. The first-order valence-electron chi connectivity index (χ1n) is 17.7. The highest BCUT2D eigenvalue weighted by molar-refractivity contribution is 7.91. The average molecular weight is 774 g/mol. The van der Waals surface area contributed by atoms with E-state index in [1.54, 1.807) is 19.1 Å². The molecule has 2 aromatic heterocycles. The van der Waals surface area contributed by atoms with Crippen LogP contribution in [0.2, 0.25) is 0 Å². The Bertz CT molecular complexity index is 2120. The van der Waals surface area contributed by atoms with Crippen LogP contribution >= 0.6 is 0 Å². The third kappa shape index (κ3) is 7.76. The zero-order valence-electron chi connectivity index (χ0n) is 29.1. The van der Waals surface area contributed by atoms with E-state index in [-0.39, 0.29) is 36.0 Å². The van der Waals surface area contributed by atoms with Crippen LogP contribution in [0.5, 0.6) is 5.88 Å². The molecule has 2 aliphatic heterocycles. The van der Waals surface area contributed by atoms with Gasteiger partial charge in [-0.05, 0) is 57.6 Å². The average Bonchev–Trinajstić information content (AvgIpc) is 4.01. The maximum absolute atomic E-state index is 14.4. The van der Waals surface area contributed by atoms with Crippen molar-refractivity contribution >= 4 is 44.7 Å². The van der Waals surface area contributed by atoms with Gasteiger partial charge in [0.1, 0.15) is 29.5 Å². The Hall–Kier alpha value is -5.07. The molecular formula is C35H38F3N7O8S. The molecule has 3 fully saturated rings. The number of aromatic nitrogens is 3. The zero-order chi connectivity index (χ0) is 38.4. The van der Waals surface area contributed by atoms with E-state index in [0.29, 0.717) is 44.3 Å². The zero-order valence-corrected chi connectivity index (χ0v) is 29.9. The lowest BCUT2D eigenvalue weighted by Crippen LogP contribution is -2.58. The lowest BCUT2D eigenvalue weighted by Gasteiger charge is -2.29. The number of rotatable bonds is 7. The van der Waals surface area contributed by atoms with Crippen LogP contribution in [0.25, 0.3) is 11.0 Å². The van der Waals surface area contributed by atoms with Crippen molar-refractivity contribution in [2.75, 3.05) is 6.54 Å². The fourth-order valence-corrected chi connectivity index (χ4v) is 8.33. The van der Waals surface area contributed by atoms with Crippen molar-refractivity contribution in [3.8, 4) is 5.88 Å². The predicted molar refractivity (Wildman–Crippen MR) is 183 cm³/mol. The van der Waals surface area contributed by atoms with Crippen LogP contribution in [0.1, 0.15) is 79.7 Å². The van der Waals surface area contributed by atoms with Crippen molar-refractivity contribution in [2.24, 2.45) is 5.92 Å². The van der Waals surface area contributed by atoms with Crippen LogP contribution in [-0.2, 0) is 30.6 Å². The van der Waals surface area contributed by atoms with Gasteiger partial charge in [-0.3, -0.25) is 23.9 Å². The summed E-state index contributed by atoms with van der Waals surface area (Å²) in [5, 5.41) is 8.39.